The zero-order chi connectivity index (χ0) is 14.2. The molecule has 0 saturated carbocycles. The topological polar surface area (TPSA) is 29.3 Å². The number of hydrogen-bond donors (Lipinski definition) is 0. The Morgan fingerprint density at radius 2 is 1.95 bits per heavy atom. The number of hydrogen-bond acceptors (Lipinski definition) is 3. The molecule has 4 heterocycles. The van der Waals surface area contributed by atoms with E-state index < -0.39 is 0 Å². The minimum Gasteiger partial charge on any atom is -0.356 e. The van der Waals surface area contributed by atoms with E-state index in [0.717, 1.165) is 29.5 Å². The van der Waals surface area contributed by atoms with Crippen molar-refractivity contribution in [3.05, 3.63) is 47.2 Å². The molecule has 3 heteroatoms. The Kier molecular flexibility index (Phi) is 3.15. The molecule has 0 aliphatic carbocycles. The third-order valence-corrected chi connectivity index (χ3v) is 4.72. The van der Waals surface area contributed by atoms with Crippen molar-refractivity contribution in [3.8, 4) is 11.3 Å². The third-order valence-electron chi connectivity index (χ3n) is 4.72. The Labute approximate surface area is 125 Å². The largest absolute Gasteiger partial charge is 0.356 e. The van der Waals surface area contributed by atoms with Crippen molar-refractivity contribution in [2.45, 2.75) is 19.8 Å². The first kappa shape index (κ1) is 12.8. The van der Waals surface area contributed by atoms with Crippen LogP contribution in [0.1, 0.15) is 24.2 Å². The summed E-state index contributed by atoms with van der Waals surface area (Å²) in [5.41, 5.74) is 4.81. The van der Waals surface area contributed by atoms with Crippen LogP contribution < -0.4 is 0 Å². The fourth-order valence-electron chi connectivity index (χ4n) is 3.41. The van der Waals surface area contributed by atoms with E-state index in [9.17, 15) is 0 Å². The van der Waals surface area contributed by atoms with Crippen molar-refractivity contribution in [2.75, 3.05) is 19.6 Å². The van der Waals surface area contributed by atoms with Crippen LogP contribution in [0.5, 0.6) is 0 Å². The number of piperidine rings is 3. The van der Waals surface area contributed by atoms with Crippen LogP contribution in [0.15, 0.2) is 40.4 Å². The van der Waals surface area contributed by atoms with Crippen LogP contribution in [-0.4, -0.2) is 29.7 Å². The average Bonchev–Trinajstić information content (AvgIpc) is 2.98. The van der Waals surface area contributed by atoms with Crippen molar-refractivity contribution in [1.29, 1.82) is 0 Å². The minimum atomic E-state index is 0.753. The van der Waals surface area contributed by atoms with Gasteiger partial charge in [0.1, 0.15) is 5.69 Å². The molecule has 108 valence electrons. The van der Waals surface area contributed by atoms with E-state index in [1.54, 1.807) is 0 Å². The molecular weight excluding hydrogens is 260 g/mol. The summed E-state index contributed by atoms with van der Waals surface area (Å²) < 4.78 is 5.51. The highest BCUT2D eigenvalue weighted by Crippen LogP contribution is 2.33. The molecule has 3 saturated heterocycles. The summed E-state index contributed by atoms with van der Waals surface area (Å²) in [6.45, 7) is 5.71. The van der Waals surface area contributed by atoms with Gasteiger partial charge in [-0.2, -0.15) is 0 Å². The molecule has 1 aromatic carbocycles. The lowest BCUT2D eigenvalue weighted by Crippen LogP contribution is -2.42. The van der Waals surface area contributed by atoms with Crippen LogP contribution in [0, 0.1) is 12.8 Å². The highest BCUT2D eigenvalue weighted by Gasteiger charge is 2.29. The molecule has 3 fully saturated rings. The highest BCUT2D eigenvalue weighted by molar-refractivity contribution is 5.62. The molecule has 5 rings (SSSR count). The average molecular weight is 280 g/mol. The molecule has 0 unspecified atom stereocenters. The second-order valence-electron chi connectivity index (χ2n) is 6.25. The summed E-state index contributed by atoms with van der Waals surface area (Å²) in [4.78, 5) is 2.53. The Morgan fingerprint density at radius 1 is 1.19 bits per heavy atom. The molecule has 1 aromatic heterocycles. The summed E-state index contributed by atoms with van der Waals surface area (Å²) in [5.74, 6) is 1.64. The highest BCUT2D eigenvalue weighted by atomic mass is 16.5. The molecule has 3 aliphatic rings. The first-order chi connectivity index (χ1) is 10.3. The standard InChI is InChI=1S/C18H20N2O/c1-13-2-4-15(5-3-13)18-11-17(21-19-18)10-16-12-20-8-6-14(16)7-9-20/h2-5,10-11,14H,6-9,12H2,1H3/b16-10-. The molecule has 3 nitrogen and oxygen atoms in total. The predicted octanol–water partition coefficient (Wildman–Crippen LogP) is 3.76. The lowest BCUT2D eigenvalue weighted by molar-refractivity contribution is 0.163. The summed E-state index contributed by atoms with van der Waals surface area (Å²) in [6.07, 6.45) is 4.80. The number of fused-ring (bicyclic) bond motifs is 3. The zero-order valence-electron chi connectivity index (χ0n) is 12.4. The lowest BCUT2D eigenvalue weighted by atomic mass is 9.83. The van der Waals surface area contributed by atoms with Crippen molar-refractivity contribution in [1.82, 2.24) is 10.1 Å². The fourth-order valence-corrected chi connectivity index (χ4v) is 3.41. The second kappa shape index (κ2) is 5.15. The summed E-state index contributed by atoms with van der Waals surface area (Å²) >= 11 is 0. The van der Waals surface area contributed by atoms with Gasteiger partial charge in [-0.15, -0.1) is 0 Å². The van der Waals surface area contributed by atoms with Crippen molar-refractivity contribution in [3.63, 3.8) is 0 Å². The van der Waals surface area contributed by atoms with E-state index in [1.165, 1.54) is 37.1 Å². The van der Waals surface area contributed by atoms with Gasteiger partial charge in [0.05, 0.1) is 0 Å². The molecule has 21 heavy (non-hydrogen) atoms. The Bertz CT molecular complexity index is 661. The SMILES string of the molecule is Cc1ccc(-c2cc(/C=C3/CN4CCC3CC4)on2)cc1. The van der Waals surface area contributed by atoms with Gasteiger partial charge in [-0.25, -0.2) is 0 Å². The maximum atomic E-state index is 5.51. The van der Waals surface area contributed by atoms with E-state index >= 15 is 0 Å². The maximum absolute atomic E-state index is 5.51. The van der Waals surface area contributed by atoms with Crippen LogP contribution in [0.3, 0.4) is 0 Å². The van der Waals surface area contributed by atoms with Crippen molar-refractivity contribution in [2.24, 2.45) is 5.92 Å². The fraction of sp³-hybridized carbons (Fsp3) is 0.389. The number of nitrogens with zero attached hydrogens (tertiary/aromatic N) is 2. The van der Waals surface area contributed by atoms with E-state index in [4.69, 9.17) is 4.52 Å². The summed E-state index contributed by atoms with van der Waals surface area (Å²) in [6, 6.07) is 10.5. The van der Waals surface area contributed by atoms with Crippen LogP contribution >= 0.6 is 0 Å². The Morgan fingerprint density at radius 3 is 2.62 bits per heavy atom. The maximum Gasteiger partial charge on any atom is 0.160 e. The normalized spacial score (nSPS) is 26.4. The van der Waals surface area contributed by atoms with Crippen LogP contribution in [0.2, 0.25) is 0 Å². The van der Waals surface area contributed by atoms with E-state index in [-0.39, 0.29) is 0 Å². The van der Waals surface area contributed by atoms with Gasteiger partial charge < -0.3 is 4.52 Å². The second-order valence-corrected chi connectivity index (χ2v) is 6.25. The molecule has 2 aromatic rings. The zero-order valence-corrected chi connectivity index (χ0v) is 12.4. The smallest absolute Gasteiger partial charge is 0.160 e. The minimum absolute atomic E-state index is 0.753. The van der Waals surface area contributed by atoms with Gasteiger partial charge in [-0.3, -0.25) is 4.90 Å². The molecule has 0 spiro atoms. The predicted molar refractivity (Wildman–Crippen MR) is 83.8 cm³/mol. The third kappa shape index (κ3) is 2.54. The number of rotatable bonds is 2. The monoisotopic (exact) mass is 280 g/mol. The Balaban J connectivity index is 1.58. The first-order valence-electron chi connectivity index (χ1n) is 7.74. The number of aryl methyl sites for hydroxylation is 1. The molecular formula is C18H20N2O. The van der Waals surface area contributed by atoms with E-state index in [2.05, 4.69) is 53.4 Å². The molecule has 0 N–H and O–H groups in total. The van der Waals surface area contributed by atoms with Gasteiger partial charge >= 0.3 is 0 Å². The van der Waals surface area contributed by atoms with Gasteiger partial charge in [0.2, 0.25) is 0 Å². The molecule has 0 atom stereocenters. The first-order valence-corrected chi connectivity index (χ1v) is 7.74. The van der Waals surface area contributed by atoms with Gasteiger partial charge in [-0.1, -0.05) is 35.0 Å². The number of aromatic nitrogens is 1. The molecule has 0 amide bonds. The summed E-state index contributed by atoms with van der Waals surface area (Å²) in [7, 11) is 0. The van der Waals surface area contributed by atoms with Gasteiger partial charge in [0.15, 0.2) is 5.76 Å². The van der Waals surface area contributed by atoms with Gasteiger partial charge in [0, 0.05) is 18.2 Å². The quantitative estimate of drug-likeness (QED) is 0.839. The van der Waals surface area contributed by atoms with Crippen molar-refractivity contribution < 1.29 is 4.52 Å². The molecule has 2 bridgehead atoms. The molecule has 0 radical (unpaired) electrons. The lowest BCUT2D eigenvalue weighted by Gasteiger charge is -2.40. The van der Waals surface area contributed by atoms with Gasteiger partial charge in [-0.05, 0) is 50.4 Å². The van der Waals surface area contributed by atoms with Crippen LogP contribution in [-0.2, 0) is 0 Å². The molecule has 3 aliphatic heterocycles. The van der Waals surface area contributed by atoms with Gasteiger partial charge in [0.25, 0.3) is 0 Å². The van der Waals surface area contributed by atoms with E-state index in [1.807, 2.05) is 0 Å². The van der Waals surface area contributed by atoms with Crippen LogP contribution in [0.4, 0.5) is 0 Å². The van der Waals surface area contributed by atoms with E-state index in [0.29, 0.717) is 0 Å². The summed E-state index contributed by atoms with van der Waals surface area (Å²) in [5, 5.41) is 4.21. The Hall–Kier alpha value is -1.87. The number of benzene rings is 1. The van der Waals surface area contributed by atoms with Crippen molar-refractivity contribution >= 4 is 6.08 Å². The van der Waals surface area contributed by atoms with Crippen LogP contribution in [0.25, 0.3) is 17.3 Å².